The van der Waals surface area contributed by atoms with Gasteiger partial charge in [-0.2, -0.15) is 4.98 Å². The number of aliphatic imine (C=N–C) groups is 1. The van der Waals surface area contributed by atoms with Crippen molar-refractivity contribution in [2.24, 2.45) is 28.1 Å². The molecule has 180 valence electrons. The van der Waals surface area contributed by atoms with Crippen molar-refractivity contribution in [3.63, 3.8) is 0 Å². The average Bonchev–Trinajstić information content (AvgIpc) is 3.21. The minimum Gasteiger partial charge on any atom is -0.563 e. The topological polar surface area (TPSA) is 248 Å². The van der Waals surface area contributed by atoms with Crippen LogP contribution in [0.2, 0.25) is 0 Å². The normalized spacial score (nSPS) is 14.6. The third kappa shape index (κ3) is 9.16. The summed E-state index contributed by atoms with van der Waals surface area (Å²) < 4.78 is 5.23. The number of guanidine groups is 1. The monoisotopic (exact) mass is 457 g/mol. The highest BCUT2D eigenvalue weighted by Gasteiger charge is 2.32. The largest absolute Gasteiger partial charge is 0.563 e. The minimum absolute atomic E-state index is 0.0583. The highest BCUT2D eigenvalue weighted by Crippen LogP contribution is 2.20. The van der Waals surface area contributed by atoms with Gasteiger partial charge in [0.1, 0.15) is 6.04 Å². The van der Waals surface area contributed by atoms with Gasteiger partial charge in [-0.15, -0.1) is 0 Å². The van der Waals surface area contributed by atoms with Crippen molar-refractivity contribution < 1.29 is 29.1 Å². The lowest BCUT2D eigenvalue weighted by Gasteiger charge is -2.20. The SMILES string of the molecule is CCC(C)[C@H](NC(=O)N[C@@H](CCCN=C(N)N)c1nc([C@@H](N)CCC(=O)O)no1)C(=O)[OH2+]. The summed E-state index contributed by atoms with van der Waals surface area (Å²) in [6.45, 7) is 3.90. The van der Waals surface area contributed by atoms with E-state index in [1.807, 2.05) is 6.92 Å². The van der Waals surface area contributed by atoms with E-state index in [0.717, 1.165) is 0 Å². The first-order valence-corrected chi connectivity index (χ1v) is 10.2. The zero-order valence-electron chi connectivity index (χ0n) is 18.2. The van der Waals surface area contributed by atoms with Gasteiger partial charge in [0.05, 0.1) is 6.04 Å². The molecule has 32 heavy (non-hydrogen) atoms. The molecule has 4 atom stereocenters. The van der Waals surface area contributed by atoms with E-state index in [4.69, 9.17) is 31.9 Å². The lowest BCUT2D eigenvalue weighted by Crippen LogP contribution is -2.49. The minimum atomic E-state index is -1.00. The van der Waals surface area contributed by atoms with E-state index in [-0.39, 0.29) is 36.4 Å². The number of aromatic nitrogens is 2. The Hall–Kier alpha value is -3.42. The van der Waals surface area contributed by atoms with Gasteiger partial charge in [0.2, 0.25) is 5.89 Å². The second kappa shape index (κ2) is 13.1. The Bertz CT molecular complexity index is 794. The van der Waals surface area contributed by atoms with Crippen molar-refractivity contribution in [2.45, 2.75) is 64.1 Å². The van der Waals surface area contributed by atoms with Crippen LogP contribution in [0.15, 0.2) is 9.52 Å². The molecular weight excluding hydrogens is 424 g/mol. The maximum Gasteiger partial charge on any atom is 0.538 e. The number of rotatable bonds is 14. The van der Waals surface area contributed by atoms with Crippen molar-refractivity contribution >= 4 is 23.9 Å². The van der Waals surface area contributed by atoms with Crippen molar-refractivity contribution in [2.75, 3.05) is 6.54 Å². The molecular formula is C18H33N8O6+. The van der Waals surface area contributed by atoms with Gasteiger partial charge >= 0.3 is 18.0 Å². The number of amides is 2. The number of carboxylic acid groups (broad SMARTS) is 1. The highest BCUT2D eigenvalue weighted by atomic mass is 16.5. The molecule has 1 heterocycles. The van der Waals surface area contributed by atoms with Crippen LogP contribution in [0.4, 0.5) is 4.79 Å². The molecule has 0 bridgehead atoms. The molecule has 0 aliphatic carbocycles. The van der Waals surface area contributed by atoms with Gasteiger partial charge in [0.25, 0.3) is 0 Å². The van der Waals surface area contributed by atoms with Crippen LogP contribution in [0, 0.1) is 5.92 Å². The second-order valence-electron chi connectivity index (χ2n) is 7.38. The Morgan fingerprint density at radius 3 is 2.50 bits per heavy atom. The fourth-order valence-corrected chi connectivity index (χ4v) is 2.75. The van der Waals surface area contributed by atoms with E-state index < -0.39 is 36.1 Å². The molecule has 0 aliphatic rings. The quantitative estimate of drug-likeness (QED) is 0.0859. The average molecular weight is 458 g/mol. The molecule has 0 aromatic carbocycles. The third-order valence-corrected chi connectivity index (χ3v) is 4.79. The Kier molecular flexibility index (Phi) is 10.9. The Morgan fingerprint density at radius 1 is 1.25 bits per heavy atom. The van der Waals surface area contributed by atoms with E-state index >= 15 is 0 Å². The number of aliphatic carboxylic acids is 1. The number of nitrogens with zero attached hydrogens (tertiary/aromatic N) is 3. The highest BCUT2D eigenvalue weighted by molar-refractivity contribution is 5.82. The lowest BCUT2D eigenvalue weighted by atomic mass is 9.99. The number of nitrogens with one attached hydrogen (secondary N) is 2. The van der Waals surface area contributed by atoms with Crippen LogP contribution >= 0.6 is 0 Å². The summed E-state index contributed by atoms with van der Waals surface area (Å²) in [4.78, 5) is 42.9. The fourth-order valence-electron chi connectivity index (χ4n) is 2.75. The van der Waals surface area contributed by atoms with E-state index in [1.165, 1.54) is 0 Å². The van der Waals surface area contributed by atoms with E-state index in [9.17, 15) is 14.4 Å². The van der Waals surface area contributed by atoms with Crippen LogP contribution < -0.4 is 27.8 Å². The van der Waals surface area contributed by atoms with Crippen molar-refractivity contribution in [1.82, 2.24) is 20.8 Å². The van der Waals surface area contributed by atoms with Crippen molar-refractivity contribution in [1.29, 1.82) is 0 Å². The fraction of sp³-hybridized carbons (Fsp3) is 0.667. The summed E-state index contributed by atoms with van der Waals surface area (Å²) in [6.07, 6.45) is 1.32. The van der Waals surface area contributed by atoms with Crippen LogP contribution in [-0.2, 0) is 9.59 Å². The molecule has 0 aliphatic heterocycles. The molecule has 0 fully saturated rings. The molecule has 2 amide bonds. The van der Waals surface area contributed by atoms with E-state index in [2.05, 4.69) is 25.8 Å². The molecule has 1 rings (SSSR count). The van der Waals surface area contributed by atoms with Crippen LogP contribution in [-0.4, -0.2) is 56.9 Å². The first-order chi connectivity index (χ1) is 15.0. The van der Waals surface area contributed by atoms with Gasteiger partial charge in [0.15, 0.2) is 17.8 Å². The molecule has 14 nitrogen and oxygen atoms in total. The molecule has 0 saturated heterocycles. The molecule has 11 N–H and O–H groups in total. The van der Waals surface area contributed by atoms with Gasteiger partial charge in [-0.05, 0) is 25.2 Å². The standard InChI is InChI=1S/C18H32N8O6/c1-3-9(2)13(16(29)30)24-18(31)23-11(5-4-8-22-17(20)21)15-25-14(26-32-15)10(19)6-7-12(27)28/h9-11,13H,3-8,19H2,1-2H3,(H,27,28)(H,29,30)(H4,20,21,22)(H2,23,24,31)/p+1/t9?,10-,11-,13-/m0/s1. The van der Waals surface area contributed by atoms with Crippen LogP contribution in [0.1, 0.15) is 69.8 Å². The number of hydrogen-bond acceptors (Lipinski definition) is 8. The number of hydrogen-bond donors (Lipinski definition) is 6. The van der Waals surface area contributed by atoms with Crippen LogP contribution in [0.25, 0.3) is 0 Å². The molecule has 1 aromatic heterocycles. The Morgan fingerprint density at radius 2 is 1.94 bits per heavy atom. The summed E-state index contributed by atoms with van der Waals surface area (Å²) in [5.74, 6) is -2.03. The molecule has 0 saturated carbocycles. The Labute approximate surface area is 185 Å². The van der Waals surface area contributed by atoms with Crippen molar-refractivity contribution in [3.05, 3.63) is 11.7 Å². The van der Waals surface area contributed by atoms with Crippen molar-refractivity contribution in [3.8, 4) is 0 Å². The second-order valence-corrected chi connectivity index (χ2v) is 7.38. The summed E-state index contributed by atoms with van der Waals surface area (Å²) >= 11 is 0. The van der Waals surface area contributed by atoms with Crippen LogP contribution in [0.5, 0.6) is 0 Å². The van der Waals surface area contributed by atoms with Gasteiger partial charge in [-0.1, -0.05) is 25.4 Å². The molecule has 14 heteroatoms. The van der Waals surface area contributed by atoms with Gasteiger partial charge in [0, 0.05) is 17.8 Å². The number of carbonyl (C=O) groups excluding carboxylic acids is 2. The maximum atomic E-state index is 12.5. The molecule has 0 spiro atoms. The first-order valence-electron chi connectivity index (χ1n) is 10.2. The number of nitrogens with two attached hydrogens (primary N) is 3. The summed E-state index contributed by atoms with van der Waals surface area (Å²) in [6, 6.07) is -3.16. The van der Waals surface area contributed by atoms with Gasteiger partial charge < -0.3 is 42.6 Å². The van der Waals surface area contributed by atoms with E-state index in [0.29, 0.717) is 25.8 Å². The maximum absolute atomic E-state index is 12.5. The third-order valence-electron chi connectivity index (χ3n) is 4.79. The first kappa shape index (κ1) is 26.6. The van der Waals surface area contributed by atoms with Gasteiger partial charge in [-0.25, -0.2) is 4.79 Å². The molecule has 1 aromatic rings. The summed E-state index contributed by atoms with van der Waals surface area (Å²) in [5.41, 5.74) is 16.5. The van der Waals surface area contributed by atoms with Crippen LogP contribution in [0.3, 0.4) is 0 Å². The molecule has 1 unspecified atom stereocenters. The predicted molar refractivity (Wildman–Crippen MR) is 114 cm³/mol. The smallest absolute Gasteiger partial charge is 0.538 e. The number of carbonyl (C=O) groups is 3. The van der Waals surface area contributed by atoms with Gasteiger partial charge in [-0.3, -0.25) is 9.79 Å². The number of carboxylic acids is 1. The zero-order valence-corrected chi connectivity index (χ0v) is 18.2. The summed E-state index contributed by atoms with van der Waals surface area (Å²) in [7, 11) is 0. The predicted octanol–water partition coefficient (Wildman–Crippen LogP) is -1.01. The molecule has 0 radical (unpaired) electrons. The zero-order chi connectivity index (χ0) is 24.3. The summed E-state index contributed by atoms with van der Waals surface area (Å²) in [5, 5.41) is 25.1. The lowest BCUT2D eigenvalue weighted by molar-refractivity contribution is -0.140. The van der Waals surface area contributed by atoms with E-state index in [1.54, 1.807) is 6.92 Å². The number of urea groups is 1. The Balaban J connectivity index is 2.93.